The minimum Gasteiger partial charge on any atom is -0.480 e. The smallest absolute Gasteiger partial charge is 0.317 e. The zero-order valence-electron chi connectivity index (χ0n) is 17.3. The molecule has 4 rings (SSSR count). The van der Waals surface area contributed by atoms with E-state index in [1.165, 1.54) is 5.56 Å². The summed E-state index contributed by atoms with van der Waals surface area (Å²) in [7, 11) is 0. The molecule has 1 amide bonds. The second-order valence-corrected chi connectivity index (χ2v) is 7.72. The number of fused-ring (bicyclic) bond motifs is 1. The Morgan fingerprint density at radius 1 is 1.06 bits per heavy atom. The van der Waals surface area contributed by atoms with Crippen molar-refractivity contribution >= 4 is 23.8 Å². The van der Waals surface area contributed by atoms with Crippen LogP contribution in [0.2, 0.25) is 0 Å². The van der Waals surface area contributed by atoms with Crippen LogP contribution in [0.15, 0.2) is 47.6 Å². The first-order chi connectivity index (χ1) is 15.1. The summed E-state index contributed by atoms with van der Waals surface area (Å²) in [4.78, 5) is 25.6. The number of nitrogens with one attached hydrogen (secondary N) is 1. The average Bonchev–Trinajstić information content (AvgIpc) is 2.78. The molecule has 2 N–H and O–H groups in total. The van der Waals surface area contributed by atoms with Gasteiger partial charge in [0, 0.05) is 24.3 Å². The third kappa shape index (κ3) is 5.68. The maximum absolute atomic E-state index is 12.7. The van der Waals surface area contributed by atoms with Crippen LogP contribution in [0.4, 0.5) is 5.69 Å². The molecule has 0 saturated carbocycles. The van der Waals surface area contributed by atoms with Crippen molar-refractivity contribution < 1.29 is 19.4 Å². The van der Waals surface area contributed by atoms with Gasteiger partial charge in [-0.05, 0) is 47.4 Å². The number of amides is 1. The average molecular weight is 422 g/mol. The first kappa shape index (κ1) is 21.0. The molecule has 8 heteroatoms. The summed E-state index contributed by atoms with van der Waals surface area (Å²) in [6, 6.07) is 13.2. The van der Waals surface area contributed by atoms with E-state index in [0.29, 0.717) is 37.6 Å². The second-order valence-electron chi connectivity index (χ2n) is 7.72. The quantitative estimate of drug-likeness (QED) is 0.692. The van der Waals surface area contributed by atoms with Gasteiger partial charge in [-0.25, -0.2) is 0 Å². The minimum atomic E-state index is -0.837. The summed E-state index contributed by atoms with van der Waals surface area (Å²) in [6.07, 6.45) is 2.60. The van der Waals surface area contributed by atoms with E-state index in [1.54, 1.807) is 0 Å². The van der Waals surface area contributed by atoms with Gasteiger partial charge in [-0.1, -0.05) is 18.2 Å². The molecule has 0 aromatic heterocycles. The first-order valence-electron chi connectivity index (χ1n) is 10.4. The maximum Gasteiger partial charge on any atom is 0.317 e. The number of benzene rings is 2. The molecule has 1 fully saturated rings. The summed E-state index contributed by atoms with van der Waals surface area (Å²) in [5, 5.41) is 18.4. The van der Waals surface area contributed by atoms with Gasteiger partial charge in [0.05, 0.1) is 39.1 Å². The van der Waals surface area contributed by atoms with E-state index in [9.17, 15) is 9.59 Å². The number of hydrazone groups is 1. The third-order valence-corrected chi connectivity index (χ3v) is 5.44. The SMILES string of the molecule is O=C(O)CN1CCc2ccc(C(=O)Nc3ccc(C=NN4CCOCC4)cc3)cc2C1. The van der Waals surface area contributed by atoms with Crippen molar-refractivity contribution in [3.05, 3.63) is 64.7 Å². The molecule has 2 aromatic carbocycles. The van der Waals surface area contributed by atoms with Crippen molar-refractivity contribution in [1.29, 1.82) is 0 Å². The molecule has 0 atom stereocenters. The van der Waals surface area contributed by atoms with Gasteiger partial charge in [0.2, 0.25) is 0 Å². The van der Waals surface area contributed by atoms with Gasteiger partial charge < -0.3 is 15.2 Å². The Kier molecular flexibility index (Phi) is 6.59. The van der Waals surface area contributed by atoms with Gasteiger partial charge in [-0.3, -0.25) is 19.5 Å². The fourth-order valence-corrected chi connectivity index (χ4v) is 3.76. The van der Waals surface area contributed by atoms with Crippen LogP contribution in [-0.2, 0) is 22.5 Å². The minimum absolute atomic E-state index is 0.0110. The van der Waals surface area contributed by atoms with Gasteiger partial charge >= 0.3 is 5.97 Å². The van der Waals surface area contributed by atoms with E-state index in [0.717, 1.165) is 30.6 Å². The molecule has 2 aromatic rings. The second kappa shape index (κ2) is 9.72. The fourth-order valence-electron chi connectivity index (χ4n) is 3.76. The number of hydrogen-bond acceptors (Lipinski definition) is 6. The van der Waals surface area contributed by atoms with Crippen LogP contribution >= 0.6 is 0 Å². The van der Waals surface area contributed by atoms with E-state index in [2.05, 4.69) is 10.4 Å². The zero-order valence-corrected chi connectivity index (χ0v) is 17.3. The van der Waals surface area contributed by atoms with Crippen molar-refractivity contribution in [2.45, 2.75) is 13.0 Å². The van der Waals surface area contributed by atoms with Gasteiger partial charge in [0.1, 0.15) is 0 Å². The van der Waals surface area contributed by atoms with Crippen molar-refractivity contribution in [2.24, 2.45) is 5.10 Å². The molecule has 162 valence electrons. The molecule has 2 aliphatic rings. The summed E-state index contributed by atoms with van der Waals surface area (Å²) < 4.78 is 5.31. The molecule has 1 saturated heterocycles. The summed E-state index contributed by atoms with van der Waals surface area (Å²) in [5.74, 6) is -1.02. The predicted molar refractivity (Wildman–Crippen MR) is 117 cm³/mol. The molecule has 2 heterocycles. The lowest BCUT2D eigenvalue weighted by Gasteiger charge is -2.27. The topological polar surface area (TPSA) is 94.5 Å². The van der Waals surface area contributed by atoms with E-state index in [4.69, 9.17) is 9.84 Å². The Bertz CT molecular complexity index is 968. The monoisotopic (exact) mass is 422 g/mol. The van der Waals surface area contributed by atoms with Crippen molar-refractivity contribution in [1.82, 2.24) is 9.91 Å². The molecule has 8 nitrogen and oxygen atoms in total. The van der Waals surface area contributed by atoms with Crippen LogP contribution in [0.1, 0.15) is 27.0 Å². The lowest BCUT2D eigenvalue weighted by Crippen LogP contribution is -2.34. The summed E-state index contributed by atoms with van der Waals surface area (Å²) >= 11 is 0. The van der Waals surface area contributed by atoms with Crippen LogP contribution in [0.25, 0.3) is 0 Å². The predicted octanol–water partition coefficient (Wildman–Crippen LogP) is 2.05. The Balaban J connectivity index is 1.37. The summed E-state index contributed by atoms with van der Waals surface area (Å²) in [5.41, 5.74) is 4.40. The van der Waals surface area contributed by atoms with Crippen LogP contribution in [-0.4, -0.2) is 72.5 Å². The number of carbonyl (C=O) groups is 2. The van der Waals surface area contributed by atoms with E-state index in [-0.39, 0.29) is 12.5 Å². The largest absolute Gasteiger partial charge is 0.480 e. The number of hydrogen-bond donors (Lipinski definition) is 2. The number of nitrogens with zero attached hydrogens (tertiary/aromatic N) is 3. The van der Waals surface area contributed by atoms with Crippen LogP contribution < -0.4 is 5.32 Å². The Morgan fingerprint density at radius 2 is 1.84 bits per heavy atom. The fraction of sp³-hybridized carbons (Fsp3) is 0.348. The van der Waals surface area contributed by atoms with Gasteiger partial charge in [0.15, 0.2) is 0 Å². The van der Waals surface area contributed by atoms with E-state index in [1.807, 2.05) is 58.6 Å². The van der Waals surface area contributed by atoms with Crippen molar-refractivity contribution in [2.75, 3.05) is 44.7 Å². The van der Waals surface area contributed by atoms with Crippen LogP contribution in [0, 0.1) is 0 Å². The molecule has 0 unspecified atom stereocenters. The number of morpholine rings is 1. The number of ether oxygens (including phenoxy) is 1. The van der Waals surface area contributed by atoms with Crippen molar-refractivity contribution in [3.63, 3.8) is 0 Å². The standard InChI is InChI=1S/C23H26N4O4/c28-22(29)16-26-8-7-18-3-4-19(13-20(18)15-26)23(30)25-21-5-1-17(2-6-21)14-24-27-9-11-31-12-10-27/h1-6,13-14H,7-12,15-16H2,(H,25,30)(H,28,29). The number of anilines is 1. The Hall–Kier alpha value is -3.23. The molecule has 0 spiro atoms. The van der Waals surface area contributed by atoms with E-state index < -0.39 is 5.97 Å². The zero-order chi connectivity index (χ0) is 21.6. The summed E-state index contributed by atoms with van der Waals surface area (Å²) in [6.45, 7) is 4.24. The Morgan fingerprint density at radius 3 is 2.58 bits per heavy atom. The van der Waals surface area contributed by atoms with Crippen LogP contribution in [0.3, 0.4) is 0 Å². The molecule has 0 aliphatic carbocycles. The number of carbonyl (C=O) groups excluding carboxylic acids is 1. The number of rotatable bonds is 6. The molecule has 0 bridgehead atoms. The van der Waals surface area contributed by atoms with Crippen LogP contribution in [0.5, 0.6) is 0 Å². The third-order valence-electron chi connectivity index (χ3n) is 5.44. The van der Waals surface area contributed by atoms with Gasteiger partial charge in [-0.2, -0.15) is 5.10 Å². The highest BCUT2D eigenvalue weighted by Crippen LogP contribution is 2.21. The molecule has 31 heavy (non-hydrogen) atoms. The number of carboxylic acids is 1. The highest BCUT2D eigenvalue weighted by molar-refractivity contribution is 6.04. The molecular weight excluding hydrogens is 396 g/mol. The number of carboxylic acid groups (broad SMARTS) is 1. The molecule has 2 aliphatic heterocycles. The maximum atomic E-state index is 12.7. The highest BCUT2D eigenvalue weighted by atomic mass is 16.5. The van der Waals surface area contributed by atoms with Crippen molar-refractivity contribution in [3.8, 4) is 0 Å². The highest BCUT2D eigenvalue weighted by Gasteiger charge is 2.19. The Labute approximate surface area is 181 Å². The molecular formula is C23H26N4O4. The lowest BCUT2D eigenvalue weighted by molar-refractivity contribution is -0.138. The van der Waals surface area contributed by atoms with Gasteiger partial charge in [-0.15, -0.1) is 0 Å². The van der Waals surface area contributed by atoms with Gasteiger partial charge in [0.25, 0.3) is 5.91 Å². The van der Waals surface area contributed by atoms with E-state index >= 15 is 0 Å². The number of aliphatic carboxylic acids is 1. The lowest BCUT2D eigenvalue weighted by atomic mass is 9.97. The molecule has 0 radical (unpaired) electrons. The normalized spacial score (nSPS) is 16.8. The first-order valence-corrected chi connectivity index (χ1v) is 10.4.